The van der Waals surface area contributed by atoms with Crippen molar-refractivity contribution in [2.75, 3.05) is 13.1 Å². The lowest BCUT2D eigenvalue weighted by Crippen LogP contribution is -2.40. The smallest absolute Gasteiger partial charge is 0.224 e. The Hall–Kier alpha value is -1.26. The van der Waals surface area contributed by atoms with Crippen molar-refractivity contribution in [3.63, 3.8) is 0 Å². The van der Waals surface area contributed by atoms with E-state index in [0.717, 1.165) is 25.9 Å². The number of carbonyl (C=O) groups is 1. The Morgan fingerprint density at radius 3 is 2.40 bits per heavy atom. The van der Waals surface area contributed by atoms with Gasteiger partial charge in [0.2, 0.25) is 5.91 Å². The van der Waals surface area contributed by atoms with Crippen molar-refractivity contribution in [1.29, 1.82) is 0 Å². The van der Waals surface area contributed by atoms with E-state index >= 15 is 0 Å². The first kappa shape index (κ1) is 16.8. The van der Waals surface area contributed by atoms with E-state index < -0.39 is 0 Å². The molecule has 3 N–H and O–H groups in total. The predicted molar refractivity (Wildman–Crippen MR) is 82.2 cm³/mol. The molecule has 0 bridgehead atoms. The van der Waals surface area contributed by atoms with Crippen LogP contribution in [0.3, 0.4) is 0 Å². The molecule has 1 aromatic rings. The quantitative estimate of drug-likeness (QED) is 0.899. The third-order valence-corrected chi connectivity index (χ3v) is 3.71. The van der Waals surface area contributed by atoms with Gasteiger partial charge in [-0.05, 0) is 43.4 Å². The number of carbonyl (C=O) groups excluding carboxylic acids is 1. The number of phenolic OH excluding ortho intramolecular Hbond substituents is 1. The molecule has 0 spiro atoms. The molecule has 0 aromatic heterocycles. The van der Waals surface area contributed by atoms with Gasteiger partial charge in [-0.3, -0.25) is 4.79 Å². The van der Waals surface area contributed by atoms with E-state index in [1.54, 1.807) is 12.1 Å². The Kier molecular flexibility index (Phi) is 6.30. The largest absolute Gasteiger partial charge is 0.508 e. The minimum absolute atomic E-state index is 0. The van der Waals surface area contributed by atoms with Crippen LogP contribution in [-0.4, -0.2) is 35.0 Å². The molecule has 0 radical (unpaired) electrons. The third-order valence-electron chi connectivity index (χ3n) is 3.71. The van der Waals surface area contributed by atoms with E-state index in [1.807, 2.05) is 24.0 Å². The van der Waals surface area contributed by atoms with Crippen molar-refractivity contribution >= 4 is 18.3 Å². The van der Waals surface area contributed by atoms with E-state index in [4.69, 9.17) is 5.73 Å². The lowest BCUT2D eigenvalue weighted by Gasteiger charge is -2.32. The average Bonchev–Trinajstić information content (AvgIpc) is 2.39. The molecule has 1 saturated heterocycles. The molecule has 1 amide bonds. The topological polar surface area (TPSA) is 66.6 Å². The second-order valence-electron chi connectivity index (χ2n) is 5.43. The zero-order valence-electron chi connectivity index (χ0n) is 11.8. The van der Waals surface area contributed by atoms with Gasteiger partial charge in [-0.1, -0.05) is 12.1 Å². The molecule has 0 aliphatic carbocycles. The number of aromatic hydroxyl groups is 1. The standard InChI is InChI=1S/C15H22N2O2.ClH/c1-11(16)10-15(19)17-8-6-13(7-9-17)12-2-4-14(18)5-3-12;/h2-5,11,13,18H,6-10,16H2,1H3;1H. The molecule has 112 valence electrons. The van der Waals surface area contributed by atoms with Crippen molar-refractivity contribution < 1.29 is 9.90 Å². The summed E-state index contributed by atoms with van der Waals surface area (Å²) in [6.45, 7) is 3.47. The van der Waals surface area contributed by atoms with Gasteiger partial charge in [-0.25, -0.2) is 0 Å². The Balaban J connectivity index is 0.00000200. The molecule has 20 heavy (non-hydrogen) atoms. The van der Waals surface area contributed by atoms with E-state index in [9.17, 15) is 9.90 Å². The number of benzene rings is 1. The fourth-order valence-electron chi connectivity index (χ4n) is 2.61. The summed E-state index contributed by atoms with van der Waals surface area (Å²) in [5.74, 6) is 0.951. The number of halogens is 1. The first-order chi connectivity index (χ1) is 9.06. The average molecular weight is 299 g/mol. The van der Waals surface area contributed by atoms with Gasteiger partial charge in [0.1, 0.15) is 5.75 Å². The SMILES string of the molecule is CC(N)CC(=O)N1CCC(c2ccc(O)cc2)CC1.Cl. The summed E-state index contributed by atoms with van der Waals surface area (Å²) < 4.78 is 0. The Bertz CT molecular complexity index is 426. The second kappa shape index (κ2) is 7.50. The minimum Gasteiger partial charge on any atom is -0.508 e. The molecule has 1 fully saturated rings. The number of hydrogen-bond acceptors (Lipinski definition) is 3. The first-order valence-electron chi connectivity index (χ1n) is 6.88. The number of hydrogen-bond donors (Lipinski definition) is 2. The fraction of sp³-hybridized carbons (Fsp3) is 0.533. The summed E-state index contributed by atoms with van der Waals surface area (Å²) in [6, 6.07) is 7.33. The zero-order valence-corrected chi connectivity index (χ0v) is 12.6. The summed E-state index contributed by atoms with van der Waals surface area (Å²) >= 11 is 0. The molecule has 1 atom stereocenters. The van der Waals surface area contributed by atoms with Gasteiger partial charge in [0.25, 0.3) is 0 Å². The number of rotatable bonds is 3. The highest BCUT2D eigenvalue weighted by atomic mass is 35.5. The highest BCUT2D eigenvalue weighted by molar-refractivity contribution is 5.85. The summed E-state index contributed by atoms with van der Waals surface area (Å²) in [7, 11) is 0. The number of piperidine rings is 1. The first-order valence-corrected chi connectivity index (χ1v) is 6.88. The fourth-order valence-corrected chi connectivity index (χ4v) is 2.61. The molecule has 5 heteroatoms. The van der Waals surface area contributed by atoms with Gasteiger partial charge in [-0.2, -0.15) is 0 Å². The number of amides is 1. The van der Waals surface area contributed by atoms with Crippen LogP contribution >= 0.6 is 12.4 Å². The monoisotopic (exact) mass is 298 g/mol. The van der Waals surface area contributed by atoms with Crippen molar-refractivity contribution in [2.24, 2.45) is 5.73 Å². The van der Waals surface area contributed by atoms with Gasteiger partial charge in [0, 0.05) is 25.6 Å². The summed E-state index contributed by atoms with van der Waals surface area (Å²) in [5, 5.41) is 9.29. The summed E-state index contributed by atoms with van der Waals surface area (Å²) in [4.78, 5) is 13.8. The Morgan fingerprint density at radius 2 is 1.90 bits per heavy atom. The molecule has 4 nitrogen and oxygen atoms in total. The maximum atomic E-state index is 11.9. The van der Waals surface area contributed by atoms with Crippen molar-refractivity contribution in [1.82, 2.24) is 4.90 Å². The molecule has 1 heterocycles. The Labute approximate surface area is 126 Å². The zero-order chi connectivity index (χ0) is 13.8. The summed E-state index contributed by atoms with van der Waals surface area (Å²) in [6.07, 6.45) is 2.40. The van der Waals surface area contributed by atoms with Crippen LogP contribution in [0.5, 0.6) is 5.75 Å². The van der Waals surface area contributed by atoms with Crippen LogP contribution in [0.4, 0.5) is 0 Å². The number of nitrogens with zero attached hydrogens (tertiary/aromatic N) is 1. The van der Waals surface area contributed by atoms with Crippen molar-refractivity contribution in [3.05, 3.63) is 29.8 Å². The van der Waals surface area contributed by atoms with Gasteiger partial charge >= 0.3 is 0 Å². The maximum Gasteiger partial charge on any atom is 0.224 e. The predicted octanol–water partition coefficient (Wildman–Crippen LogP) is 2.26. The number of likely N-dealkylation sites (tertiary alicyclic amines) is 1. The van der Waals surface area contributed by atoms with Crippen LogP contribution in [0.1, 0.15) is 37.7 Å². The van der Waals surface area contributed by atoms with Crippen LogP contribution in [0.25, 0.3) is 0 Å². The molecule has 1 aliphatic heterocycles. The maximum absolute atomic E-state index is 11.9. The normalized spacial score (nSPS) is 17.4. The summed E-state index contributed by atoms with van der Waals surface area (Å²) in [5.41, 5.74) is 6.91. The molecule has 0 saturated carbocycles. The number of nitrogens with two attached hydrogens (primary N) is 1. The molecule has 1 aromatic carbocycles. The van der Waals surface area contributed by atoms with Gasteiger partial charge in [0.15, 0.2) is 0 Å². The second-order valence-corrected chi connectivity index (χ2v) is 5.43. The molecule has 1 unspecified atom stereocenters. The lowest BCUT2D eigenvalue weighted by atomic mass is 9.89. The van der Waals surface area contributed by atoms with Gasteiger partial charge in [-0.15, -0.1) is 12.4 Å². The molecular formula is C15H23ClN2O2. The van der Waals surface area contributed by atoms with Crippen molar-refractivity contribution in [2.45, 2.75) is 38.1 Å². The highest BCUT2D eigenvalue weighted by Crippen LogP contribution is 2.29. The highest BCUT2D eigenvalue weighted by Gasteiger charge is 2.23. The van der Waals surface area contributed by atoms with Crippen LogP contribution in [0.2, 0.25) is 0 Å². The molecule has 1 aliphatic rings. The molecule has 2 rings (SSSR count). The van der Waals surface area contributed by atoms with Crippen LogP contribution < -0.4 is 5.73 Å². The van der Waals surface area contributed by atoms with Crippen LogP contribution in [0.15, 0.2) is 24.3 Å². The van der Waals surface area contributed by atoms with Crippen molar-refractivity contribution in [3.8, 4) is 5.75 Å². The van der Waals surface area contributed by atoms with Crippen LogP contribution in [0, 0.1) is 0 Å². The lowest BCUT2D eigenvalue weighted by molar-refractivity contribution is -0.132. The van der Waals surface area contributed by atoms with Crippen LogP contribution in [-0.2, 0) is 4.79 Å². The van der Waals surface area contributed by atoms with Gasteiger partial charge < -0.3 is 15.7 Å². The van der Waals surface area contributed by atoms with E-state index in [2.05, 4.69) is 0 Å². The minimum atomic E-state index is -0.0673. The van der Waals surface area contributed by atoms with E-state index in [1.165, 1.54) is 5.56 Å². The van der Waals surface area contributed by atoms with Gasteiger partial charge in [0.05, 0.1) is 0 Å². The van der Waals surface area contributed by atoms with E-state index in [-0.39, 0.29) is 24.4 Å². The molecular weight excluding hydrogens is 276 g/mol. The number of phenols is 1. The van der Waals surface area contributed by atoms with E-state index in [0.29, 0.717) is 18.1 Å². The third kappa shape index (κ3) is 4.39. The Morgan fingerprint density at radius 1 is 1.35 bits per heavy atom.